The number of aromatic nitrogens is 1. The predicted octanol–water partition coefficient (Wildman–Crippen LogP) is 0.645. The monoisotopic (exact) mass is 209 g/mol. The van der Waals surface area contributed by atoms with Gasteiger partial charge < -0.3 is 10.7 Å². The molecule has 0 atom stereocenters. The zero-order valence-corrected chi connectivity index (χ0v) is 7.97. The van der Waals surface area contributed by atoms with Gasteiger partial charge in [0.2, 0.25) is 0 Å². The minimum Gasteiger partial charge on any atom is -0.330 e. The number of nitro groups is 1. The Morgan fingerprint density at radius 3 is 2.93 bits per heavy atom. The molecular formula is C9H11N3O3. The molecule has 0 amide bonds. The average molecular weight is 209 g/mol. The number of nitrogens with one attached hydrogen (secondary N) is 1. The number of nitrogens with zero attached hydrogens (tertiary/aromatic N) is 1. The Labute approximate surface area is 85.6 Å². The van der Waals surface area contributed by atoms with Crippen LogP contribution in [0.4, 0.5) is 5.69 Å². The fraction of sp³-hybridized carbons (Fsp3) is 0.222. The first-order valence-electron chi connectivity index (χ1n) is 4.39. The molecule has 1 aromatic rings. The van der Waals surface area contributed by atoms with Crippen LogP contribution in [-0.4, -0.2) is 16.5 Å². The lowest BCUT2D eigenvalue weighted by atomic mass is 10.2. The predicted molar refractivity (Wildman–Crippen MR) is 56.4 cm³/mol. The first-order chi connectivity index (χ1) is 7.15. The van der Waals surface area contributed by atoms with E-state index in [9.17, 15) is 14.9 Å². The molecule has 0 spiro atoms. The Balaban J connectivity index is 2.98. The molecule has 0 saturated heterocycles. The third-order valence-electron chi connectivity index (χ3n) is 1.75. The molecule has 0 aromatic carbocycles. The quantitative estimate of drug-likeness (QED) is 0.561. The molecule has 0 radical (unpaired) electrons. The van der Waals surface area contributed by atoms with Crippen LogP contribution in [-0.2, 0) is 0 Å². The van der Waals surface area contributed by atoms with Gasteiger partial charge in [0.05, 0.1) is 4.92 Å². The molecule has 0 saturated carbocycles. The van der Waals surface area contributed by atoms with Crippen LogP contribution >= 0.6 is 0 Å². The summed E-state index contributed by atoms with van der Waals surface area (Å²) in [5.74, 6) is 0. The van der Waals surface area contributed by atoms with Crippen LogP contribution in [0.3, 0.4) is 0 Å². The van der Waals surface area contributed by atoms with Crippen LogP contribution in [0, 0.1) is 10.1 Å². The van der Waals surface area contributed by atoms with E-state index in [2.05, 4.69) is 4.98 Å². The molecule has 1 heterocycles. The van der Waals surface area contributed by atoms with Crippen LogP contribution in [0.5, 0.6) is 0 Å². The van der Waals surface area contributed by atoms with Gasteiger partial charge in [0, 0.05) is 12.3 Å². The number of rotatable bonds is 4. The minimum atomic E-state index is -0.709. The highest BCUT2D eigenvalue weighted by Crippen LogP contribution is 2.07. The maximum atomic E-state index is 11.0. The van der Waals surface area contributed by atoms with Crippen molar-refractivity contribution in [1.82, 2.24) is 4.98 Å². The molecule has 0 aliphatic heterocycles. The molecule has 3 N–H and O–H groups in total. The van der Waals surface area contributed by atoms with Crippen molar-refractivity contribution in [2.45, 2.75) is 6.42 Å². The topological polar surface area (TPSA) is 102 Å². The molecule has 0 aliphatic rings. The molecule has 0 fully saturated rings. The Morgan fingerprint density at radius 2 is 2.33 bits per heavy atom. The van der Waals surface area contributed by atoms with Crippen LogP contribution in [0.25, 0.3) is 6.08 Å². The van der Waals surface area contributed by atoms with Gasteiger partial charge >= 0.3 is 11.2 Å². The Bertz CT molecular complexity index is 436. The molecule has 0 unspecified atom stereocenters. The fourth-order valence-electron chi connectivity index (χ4n) is 1.04. The molecule has 15 heavy (non-hydrogen) atoms. The van der Waals surface area contributed by atoms with Gasteiger partial charge in [0.1, 0.15) is 0 Å². The normalized spacial score (nSPS) is 10.7. The Hall–Kier alpha value is -1.95. The van der Waals surface area contributed by atoms with Gasteiger partial charge in [-0.15, -0.1) is 0 Å². The number of nitrogens with two attached hydrogens (primary N) is 1. The fourth-order valence-corrected chi connectivity index (χ4v) is 1.04. The third kappa shape index (κ3) is 3.03. The summed E-state index contributed by atoms with van der Waals surface area (Å²) in [6, 6.07) is 1.23. The lowest BCUT2D eigenvalue weighted by Crippen LogP contribution is -2.10. The standard InChI is InChI=1S/C9H11N3O3/c10-4-2-1-3-7-5-8(12(14)15)9(13)11-6-7/h1,3,5-6H,2,4,10H2,(H,11,13). The Kier molecular flexibility index (Phi) is 3.75. The molecule has 80 valence electrons. The van der Waals surface area contributed by atoms with E-state index in [-0.39, 0.29) is 0 Å². The van der Waals surface area contributed by atoms with Gasteiger partial charge in [0.15, 0.2) is 0 Å². The van der Waals surface area contributed by atoms with Gasteiger partial charge in [-0.1, -0.05) is 12.2 Å². The summed E-state index contributed by atoms with van der Waals surface area (Å²) in [5.41, 5.74) is 4.70. The van der Waals surface area contributed by atoms with Gasteiger partial charge in [-0.2, -0.15) is 0 Å². The third-order valence-corrected chi connectivity index (χ3v) is 1.75. The summed E-state index contributed by atoms with van der Waals surface area (Å²) >= 11 is 0. The summed E-state index contributed by atoms with van der Waals surface area (Å²) in [5, 5.41) is 10.4. The Morgan fingerprint density at radius 1 is 1.60 bits per heavy atom. The van der Waals surface area contributed by atoms with E-state index in [1.807, 2.05) is 0 Å². The van der Waals surface area contributed by atoms with E-state index in [4.69, 9.17) is 5.73 Å². The summed E-state index contributed by atoms with van der Waals surface area (Å²) in [6.45, 7) is 0.516. The molecule has 6 nitrogen and oxygen atoms in total. The maximum absolute atomic E-state index is 11.0. The van der Waals surface area contributed by atoms with Crippen LogP contribution in [0.1, 0.15) is 12.0 Å². The van der Waals surface area contributed by atoms with Crippen LogP contribution in [0.15, 0.2) is 23.1 Å². The molecule has 6 heteroatoms. The number of pyridine rings is 1. The highest BCUT2D eigenvalue weighted by molar-refractivity contribution is 5.51. The van der Waals surface area contributed by atoms with Crippen LogP contribution < -0.4 is 11.3 Å². The highest BCUT2D eigenvalue weighted by atomic mass is 16.6. The SMILES string of the molecule is NCCC=Cc1c[nH]c(=O)c([N+](=O)[O-])c1. The number of hydrogen-bond donors (Lipinski definition) is 2. The van der Waals surface area contributed by atoms with Crippen molar-refractivity contribution in [2.75, 3.05) is 6.54 Å². The smallest absolute Gasteiger partial charge is 0.330 e. The summed E-state index contributed by atoms with van der Waals surface area (Å²) in [7, 11) is 0. The van der Waals surface area contributed by atoms with Crippen molar-refractivity contribution < 1.29 is 4.92 Å². The highest BCUT2D eigenvalue weighted by Gasteiger charge is 2.11. The minimum absolute atomic E-state index is 0.454. The number of aromatic amines is 1. The van der Waals surface area contributed by atoms with Crippen molar-refractivity contribution in [2.24, 2.45) is 5.73 Å². The lowest BCUT2D eigenvalue weighted by molar-refractivity contribution is -0.386. The molecule has 0 bridgehead atoms. The van der Waals surface area contributed by atoms with Crippen molar-refractivity contribution >= 4 is 11.8 Å². The van der Waals surface area contributed by atoms with Gasteiger partial charge in [0.25, 0.3) is 0 Å². The summed E-state index contributed by atoms with van der Waals surface area (Å²) < 4.78 is 0. The maximum Gasteiger partial charge on any atom is 0.334 e. The first kappa shape index (κ1) is 11.1. The van der Waals surface area contributed by atoms with E-state index < -0.39 is 16.2 Å². The second-order valence-electron chi connectivity index (χ2n) is 2.88. The van der Waals surface area contributed by atoms with E-state index in [1.54, 1.807) is 12.2 Å². The van der Waals surface area contributed by atoms with Gasteiger partial charge in [-0.05, 0) is 18.5 Å². The van der Waals surface area contributed by atoms with E-state index in [1.165, 1.54) is 12.3 Å². The molecular weight excluding hydrogens is 198 g/mol. The van der Waals surface area contributed by atoms with Gasteiger partial charge in [-0.3, -0.25) is 14.9 Å². The van der Waals surface area contributed by atoms with E-state index in [0.29, 0.717) is 18.5 Å². The van der Waals surface area contributed by atoms with Crippen molar-refractivity contribution in [3.63, 3.8) is 0 Å². The summed E-state index contributed by atoms with van der Waals surface area (Å²) in [4.78, 5) is 23.0. The van der Waals surface area contributed by atoms with Crippen molar-refractivity contribution in [3.8, 4) is 0 Å². The van der Waals surface area contributed by atoms with E-state index in [0.717, 1.165) is 0 Å². The zero-order chi connectivity index (χ0) is 11.3. The average Bonchev–Trinajstić information content (AvgIpc) is 2.20. The van der Waals surface area contributed by atoms with Crippen molar-refractivity contribution in [3.05, 3.63) is 44.4 Å². The number of H-pyrrole nitrogens is 1. The zero-order valence-electron chi connectivity index (χ0n) is 7.97. The second kappa shape index (κ2) is 5.06. The molecule has 1 aromatic heterocycles. The summed E-state index contributed by atoms with van der Waals surface area (Å²) in [6.07, 6.45) is 5.57. The van der Waals surface area contributed by atoms with Crippen LogP contribution in [0.2, 0.25) is 0 Å². The largest absolute Gasteiger partial charge is 0.334 e. The van der Waals surface area contributed by atoms with Gasteiger partial charge in [-0.25, -0.2) is 0 Å². The van der Waals surface area contributed by atoms with Crippen molar-refractivity contribution in [1.29, 1.82) is 0 Å². The molecule has 0 aliphatic carbocycles. The second-order valence-corrected chi connectivity index (χ2v) is 2.88. The van der Waals surface area contributed by atoms with E-state index >= 15 is 0 Å². The number of hydrogen-bond acceptors (Lipinski definition) is 4. The first-order valence-corrected chi connectivity index (χ1v) is 4.39. The molecule has 1 rings (SSSR count). The lowest BCUT2D eigenvalue weighted by Gasteiger charge is -1.93.